The number of amides is 1. The first-order valence-electron chi connectivity index (χ1n) is 9.10. The molecule has 3 heterocycles. The molecule has 2 aromatic rings. The van der Waals surface area contributed by atoms with Crippen LogP contribution in [0.5, 0.6) is 0 Å². The molecule has 2 aliphatic heterocycles. The van der Waals surface area contributed by atoms with Gasteiger partial charge in [-0.05, 0) is 36.6 Å². The van der Waals surface area contributed by atoms with Crippen LogP contribution in [0.3, 0.4) is 0 Å². The van der Waals surface area contributed by atoms with E-state index in [1.165, 1.54) is 0 Å². The molecule has 0 saturated carbocycles. The van der Waals surface area contributed by atoms with Crippen molar-refractivity contribution in [1.82, 2.24) is 15.2 Å². The maximum absolute atomic E-state index is 12.8. The fourth-order valence-electron chi connectivity index (χ4n) is 3.78. The number of likely N-dealkylation sites (tertiary alicyclic amines) is 1. The van der Waals surface area contributed by atoms with Gasteiger partial charge in [-0.25, -0.2) is 4.98 Å². The number of carbonyl (C=O) groups excluding carboxylic acids is 1. The monoisotopic (exact) mass is 336 g/mol. The number of piperazine rings is 1. The molecular formula is C20H24N4O. The van der Waals surface area contributed by atoms with E-state index in [4.69, 9.17) is 0 Å². The van der Waals surface area contributed by atoms with Gasteiger partial charge >= 0.3 is 0 Å². The number of carbonyl (C=O) groups is 1. The summed E-state index contributed by atoms with van der Waals surface area (Å²) in [7, 11) is 0. The molecule has 0 bridgehead atoms. The molecule has 1 atom stereocenters. The van der Waals surface area contributed by atoms with Gasteiger partial charge in [0, 0.05) is 44.5 Å². The predicted octanol–water partition coefficient (Wildman–Crippen LogP) is 2.47. The van der Waals surface area contributed by atoms with E-state index >= 15 is 0 Å². The number of hydrogen-bond acceptors (Lipinski definition) is 4. The van der Waals surface area contributed by atoms with Crippen molar-refractivity contribution in [1.29, 1.82) is 0 Å². The van der Waals surface area contributed by atoms with Gasteiger partial charge in [0.25, 0.3) is 5.91 Å². The van der Waals surface area contributed by atoms with E-state index in [-0.39, 0.29) is 11.9 Å². The summed E-state index contributed by atoms with van der Waals surface area (Å²) in [5, 5.41) is 3.36. The third kappa shape index (κ3) is 3.37. The van der Waals surface area contributed by atoms with Crippen LogP contribution in [-0.4, -0.2) is 48.5 Å². The minimum absolute atomic E-state index is 0.120. The summed E-state index contributed by atoms with van der Waals surface area (Å²) in [5.41, 5.74) is 1.90. The van der Waals surface area contributed by atoms with Crippen LogP contribution < -0.4 is 10.2 Å². The van der Waals surface area contributed by atoms with Crippen LogP contribution >= 0.6 is 0 Å². The van der Waals surface area contributed by atoms with Crippen molar-refractivity contribution in [2.24, 2.45) is 0 Å². The Morgan fingerprint density at radius 2 is 1.84 bits per heavy atom. The van der Waals surface area contributed by atoms with Crippen LogP contribution in [0.1, 0.15) is 34.8 Å². The Kier molecular flexibility index (Phi) is 4.65. The number of anilines is 1. The van der Waals surface area contributed by atoms with Crippen molar-refractivity contribution in [3.63, 3.8) is 0 Å². The van der Waals surface area contributed by atoms with Crippen molar-refractivity contribution in [3.05, 3.63) is 59.8 Å². The molecule has 1 aromatic heterocycles. The number of nitrogens with zero attached hydrogens (tertiary/aromatic N) is 3. The number of nitrogens with one attached hydrogen (secondary N) is 1. The Balaban J connectivity index is 1.51. The van der Waals surface area contributed by atoms with Crippen LogP contribution in [0.15, 0.2) is 48.7 Å². The zero-order valence-electron chi connectivity index (χ0n) is 14.4. The van der Waals surface area contributed by atoms with Gasteiger partial charge in [0.05, 0.1) is 6.04 Å². The minimum Gasteiger partial charge on any atom is -0.354 e. The van der Waals surface area contributed by atoms with E-state index < -0.39 is 0 Å². The highest BCUT2D eigenvalue weighted by molar-refractivity contribution is 5.94. The lowest BCUT2D eigenvalue weighted by molar-refractivity contribution is 0.0735. The highest BCUT2D eigenvalue weighted by Crippen LogP contribution is 2.33. The molecule has 2 saturated heterocycles. The van der Waals surface area contributed by atoms with Crippen molar-refractivity contribution >= 4 is 11.7 Å². The lowest BCUT2D eigenvalue weighted by Gasteiger charge is -2.29. The topological polar surface area (TPSA) is 48.5 Å². The lowest BCUT2D eigenvalue weighted by Crippen LogP contribution is -2.43. The van der Waals surface area contributed by atoms with E-state index in [1.807, 2.05) is 41.4 Å². The molecule has 1 amide bonds. The summed E-state index contributed by atoms with van der Waals surface area (Å²) in [6.07, 6.45) is 4.01. The zero-order valence-corrected chi connectivity index (χ0v) is 14.4. The molecule has 0 radical (unpaired) electrons. The summed E-state index contributed by atoms with van der Waals surface area (Å²) in [6.45, 7) is 4.82. The van der Waals surface area contributed by atoms with Gasteiger partial charge in [0.15, 0.2) is 0 Å². The molecule has 5 heteroatoms. The zero-order chi connectivity index (χ0) is 17.1. The molecular weight excluding hydrogens is 312 g/mol. The van der Waals surface area contributed by atoms with Crippen LogP contribution in [0.2, 0.25) is 0 Å². The average molecular weight is 336 g/mol. The lowest BCUT2D eigenvalue weighted by atomic mass is 10.1. The molecule has 1 N–H and O–H groups in total. The molecule has 0 aliphatic carbocycles. The molecule has 0 spiro atoms. The quantitative estimate of drug-likeness (QED) is 0.935. The number of hydrogen-bond donors (Lipinski definition) is 1. The Hall–Kier alpha value is -2.40. The van der Waals surface area contributed by atoms with Gasteiger partial charge in [-0.15, -0.1) is 0 Å². The van der Waals surface area contributed by atoms with Gasteiger partial charge < -0.3 is 15.1 Å². The third-order valence-corrected chi connectivity index (χ3v) is 5.13. The van der Waals surface area contributed by atoms with Crippen LogP contribution in [0, 0.1) is 0 Å². The van der Waals surface area contributed by atoms with Gasteiger partial charge in [-0.1, -0.05) is 24.3 Å². The van der Waals surface area contributed by atoms with E-state index in [0.29, 0.717) is 0 Å². The molecule has 2 fully saturated rings. The standard InChI is InChI=1S/C20H24N4O/c25-20(16-5-2-1-3-6-16)24-12-4-7-18(24)17-8-9-19(22-15-17)23-13-10-21-11-14-23/h1-3,5-6,8-9,15,18,21H,4,7,10-14H2. The fourth-order valence-corrected chi connectivity index (χ4v) is 3.78. The Morgan fingerprint density at radius 3 is 2.56 bits per heavy atom. The number of aromatic nitrogens is 1. The maximum Gasteiger partial charge on any atom is 0.254 e. The second-order valence-electron chi connectivity index (χ2n) is 6.71. The van der Waals surface area contributed by atoms with Crippen LogP contribution in [-0.2, 0) is 0 Å². The molecule has 1 aromatic carbocycles. The largest absolute Gasteiger partial charge is 0.354 e. The molecule has 2 aliphatic rings. The molecule has 1 unspecified atom stereocenters. The molecule has 130 valence electrons. The number of benzene rings is 1. The highest BCUT2D eigenvalue weighted by Gasteiger charge is 2.30. The highest BCUT2D eigenvalue weighted by atomic mass is 16.2. The summed E-state index contributed by atoms with van der Waals surface area (Å²) < 4.78 is 0. The average Bonchev–Trinajstić information content (AvgIpc) is 3.19. The van der Waals surface area contributed by atoms with E-state index in [0.717, 1.165) is 62.5 Å². The van der Waals surface area contributed by atoms with Crippen molar-refractivity contribution in [2.75, 3.05) is 37.6 Å². The minimum atomic E-state index is 0.120. The Morgan fingerprint density at radius 1 is 1.04 bits per heavy atom. The number of pyridine rings is 1. The summed E-state index contributed by atoms with van der Waals surface area (Å²) in [6, 6.07) is 13.9. The van der Waals surface area contributed by atoms with E-state index in [1.54, 1.807) is 0 Å². The van der Waals surface area contributed by atoms with E-state index in [2.05, 4.69) is 27.3 Å². The van der Waals surface area contributed by atoms with Crippen molar-refractivity contribution in [3.8, 4) is 0 Å². The summed E-state index contributed by atoms with van der Waals surface area (Å²) in [4.78, 5) is 21.8. The SMILES string of the molecule is O=C(c1ccccc1)N1CCCC1c1ccc(N2CCNCC2)nc1. The van der Waals surface area contributed by atoms with E-state index in [9.17, 15) is 4.79 Å². The first kappa shape index (κ1) is 16.1. The van der Waals surface area contributed by atoms with Crippen molar-refractivity contribution < 1.29 is 4.79 Å². The Labute approximate surface area is 148 Å². The van der Waals surface area contributed by atoms with Gasteiger partial charge in [0.2, 0.25) is 0 Å². The van der Waals surface area contributed by atoms with Crippen LogP contribution in [0.4, 0.5) is 5.82 Å². The molecule has 5 nitrogen and oxygen atoms in total. The summed E-state index contributed by atoms with van der Waals surface area (Å²) >= 11 is 0. The van der Waals surface area contributed by atoms with Crippen molar-refractivity contribution in [2.45, 2.75) is 18.9 Å². The maximum atomic E-state index is 12.8. The first-order chi connectivity index (χ1) is 12.3. The number of rotatable bonds is 3. The fraction of sp³-hybridized carbons (Fsp3) is 0.400. The van der Waals surface area contributed by atoms with Gasteiger partial charge in [-0.2, -0.15) is 0 Å². The van der Waals surface area contributed by atoms with Gasteiger partial charge in [-0.3, -0.25) is 4.79 Å². The van der Waals surface area contributed by atoms with Crippen LogP contribution in [0.25, 0.3) is 0 Å². The smallest absolute Gasteiger partial charge is 0.254 e. The first-order valence-corrected chi connectivity index (χ1v) is 9.10. The third-order valence-electron chi connectivity index (χ3n) is 5.13. The molecule has 4 rings (SSSR count). The Bertz CT molecular complexity index is 710. The summed E-state index contributed by atoms with van der Waals surface area (Å²) in [5.74, 6) is 1.15. The second-order valence-corrected chi connectivity index (χ2v) is 6.71. The predicted molar refractivity (Wildman–Crippen MR) is 98.8 cm³/mol. The second kappa shape index (κ2) is 7.23. The van der Waals surface area contributed by atoms with Gasteiger partial charge in [0.1, 0.15) is 5.82 Å². The molecule has 25 heavy (non-hydrogen) atoms. The normalized spacial score (nSPS) is 20.7.